The van der Waals surface area contributed by atoms with Gasteiger partial charge in [-0.25, -0.2) is 4.98 Å². The highest BCUT2D eigenvalue weighted by atomic mass is 31.2. The predicted octanol–water partition coefficient (Wildman–Crippen LogP) is 6.46. The lowest BCUT2D eigenvalue weighted by atomic mass is 10.0. The average Bonchev–Trinajstić information content (AvgIpc) is 2.83. The van der Waals surface area contributed by atoms with Crippen LogP contribution >= 0.6 is 7.14 Å². The standard InChI is InChI=1S/C28H32N3O2P/c1-5-17-34(33,18-6-2)23-14-12-22(13-15-23)29-26-16-11-21-19-25(24-10-8-7-9-20(24)3)28(32)31(4)27(21)30-26/h7-16,19H,5-6,17-18H2,1-4H3,(H,29,30). The Morgan fingerprint density at radius 3 is 2.24 bits per heavy atom. The Morgan fingerprint density at radius 1 is 0.912 bits per heavy atom. The first-order valence-electron chi connectivity index (χ1n) is 11.9. The van der Waals surface area contributed by atoms with Crippen molar-refractivity contribution in [2.45, 2.75) is 33.6 Å². The van der Waals surface area contributed by atoms with Crippen molar-refractivity contribution < 1.29 is 4.57 Å². The highest BCUT2D eigenvalue weighted by molar-refractivity contribution is 7.71. The quantitative estimate of drug-likeness (QED) is 0.298. The van der Waals surface area contributed by atoms with Crippen molar-refractivity contribution >= 4 is 35.0 Å². The molecule has 0 spiro atoms. The van der Waals surface area contributed by atoms with E-state index >= 15 is 0 Å². The number of fused-ring (bicyclic) bond motifs is 1. The lowest BCUT2D eigenvalue weighted by Gasteiger charge is -2.18. The van der Waals surface area contributed by atoms with Gasteiger partial charge in [-0.15, -0.1) is 0 Å². The maximum atomic E-state index is 13.4. The average molecular weight is 474 g/mol. The SMILES string of the molecule is CCCP(=O)(CCC)c1ccc(Nc2ccc3cc(-c4ccccc4C)c(=O)n(C)c3n2)cc1. The summed E-state index contributed by atoms with van der Waals surface area (Å²) in [4.78, 5) is 17.8. The fourth-order valence-electron chi connectivity index (χ4n) is 4.53. The number of hydrogen-bond donors (Lipinski definition) is 1. The highest BCUT2D eigenvalue weighted by Crippen LogP contribution is 2.45. The Balaban J connectivity index is 1.64. The number of nitrogens with one attached hydrogen (secondary N) is 1. The molecular weight excluding hydrogens is 441 g/mol. The molecule has 4 aromatic rings. The third kappa shape index (κ3) is 4.71. The number of nitrogens with zero attached hydrogens (tertiary/aromatic N) is 2. The summed E-state index contributed by atoms with van der Waals surface area (Å²) in [6.45, 7) is 6.18. The molecule has 0 atom stereocenters. The van der Waals surface area contributed by atoms with Crippen molar-refractivity contribution in [2.75, 3.05) is 17.6 Å². The van der Waals surface area contributed by atoms with Crippen LogP contribution in [0.2, 0.25) is 0 Å². The van der Waals surface area contributed by atoms with E-state index in [0.717, 1.165) is 52.7 Å². The predicted molar refractivity (Wildman–Crippen MR) is 144 cm³/mol. The Hall–Kier alpha value is -3.17. The first-order valence-corrected chi connectivity index (χ1v) is 14.0. The summed E-state index contributed by atoms with van der Waals surface area (Å²) in [6.07, 6.45) is 3.34. The summed E-state index contributed by atoms with van der Waals surface area (Å²) in [7, 11) is -0.573. The summed E-state index contributed by atoms with van der Waals surface area (Å²) in [5, 5.41) is 5.17. The molecule has 2 aromatic carbocycles. The smallest absolute Gasteiger partial charge is 0.259 e. The van der Waals surface area contributed by atoms with E-state index in [9.17, 15) is 9.36 Å². The second-order valence-corrected chi connectivity index (χ2v) is 12.0. The summed E-state index contributed by atoms with van der Waals surface area (Å²) in [6, 6.07) is 21.6. The first-order chi connectivity index (χ1) is 16.4. The van der Waals surface area contributed by atoms with Crippen LogP contribution in [0.4, 0.5) is 11.5 Å². The van der Waals surface area contributed by atoms with Crippen LogP contribution < -0.4 is 16.2 Å². The molecule has 176 valence electrons. The van der Waals surface area contributed by atoms with Gasteiger partial charge >= 0.3 is 0 Å². The Kier molecular flexibility index (Phi) is 7.04. The van der Waals surface area contributed by atoms with E-state index in [1.165, 1.54) is 0 Å². The van der Waals surface area contributed by atoms with Crippen LogP contribution in [0.15, 0.2) is 71.5 Å². The van der Waals surface area contributed by atoms with E-state index < -0.39 is 7.14 Å². The minimum absolute atomic E-state index is 0.0709. The van der Waals surface area contributed by atoms with Crippen LogP contribution in [-0.2, 0) is 11.6 Å². The van der Waals surface area contributed by atoms with Gasteiger partial charge in [0, 0.05) is 41.3 Å². The van der Waals surface area contributed by atoms with Gasteiger partial charge in [-0.2, -0.15) is 0 Å². The molecular formula is C28H32N3O2P. The van der Waals surface area contributed by atoms with E-state index in [4.69, 9.17) is 4.98 Å². The lowest BCUT2D eigenvalue weighted by molar-refractivity contribution is 0.579. The van der Waals surface area contributed by atoms with E-state index in [1.54, 1.807) is 11.6 Å². The van der Waals surface area contributed by atoms with Gasteiger partial charge in [-0.05, 0) is 73.4 Å². The number of hydrogen-bond acceptors (Lipinski definition) is 4. The van der Waals surface area contributed by atoms with Crippen LogP contribution in [0.3, 0.4) is 0 Å². The molecule has 0 aliphatic carbocycles. The van der Waals surface area contributed by atoms with Crippen molar-refractivity contribution in [3.63, 3.8) is 0 Å². The summed E-state index contributed by atoms with van der Waals surface area (Å²) >= 11 is 0. The molecule has 6 heteroatoms. The molecule has 2 aromatic heterocycles. The van der Waals surface area contributed by atoms with Crippen LogP contribution in [0.25, 0.3) is 22.2 Å². The minimum Gasteiger partial charge on any atom is -0.340 e. The van der Waals surface area contributed by atoms with Crippen LogP contribution in [0.1, 0.15) is 32.3 Å². The van der Waals surface area contributed by atoms with E-state index in [1.807, 2.05) is 73.7 Å². The fraction of sp³-hybridized carbons (Fsp3) is 0.286. The van der Waals surface area contributed by atoms with E-state index in [-0.39, 0.29) is 5.56 Å². The molecule has 5 nitrogen and oxygen atoms in total. The summed E-state index contributed by atoms with van der Waals surface area (Å²) in [5.74, 6) is 0.657. The molecule has 0 saturated heterocycles. The maximum absolute atomic E-state index is 13.4. The minimum atomic E-state index is -2.33. The van der Waals surface area contributed by atoms with Crippen molar-refractivity contribution in [2.24, 2.45) is 7.05 Å². The van der Waals surface area contributed by atoms with E-state index in [2.05, 4.69) is 19.2 Å². The largest absolute Gasteiger partial charge is 0.340 e. The van der Waals surface area contributed by atoms with Gasteiger partial charge in [0.15, 0.2) is 0 Å². The van der Waals surface area contributed by atoms with E-state index in [0.29, 0.717) is 17.0 Å². The molecule has 0 saturated carbocycles. The fourth-order valence-corrected chi connectivity index (χ4v) is 7.41. The summed E-state index contributed by atoms with van der Waals surface area (Å²) < 4.78 is 15.0. The van der Waals surface area contributed by atoms with Gasteiger partial charge in [0.05, 0.1) is 0 Å². The van der Waals surface area contributed by atoms with Gasteiger partial charge < -0.3 is 9.88 Å². The summed E-state index contributed by atoms with van der Waals surface area (Å²) in [5.41, 5.74) is 4.11. The molecule has 34 heavy (non-hydrogen) atoms. The van der Waals surface area contributed by atoms with Crippen molar-refractivity contribution in [1.29, 1.82) is 0 Å². The molecule has 2 heterocycles. The van der Waals surface area contributed by atoms with Gasteiger partial charge in [0.1, 0.15) is 18.6 Å². The van der Waals surface area contributed by atoms with Crippen LogP contribution in [0, 0.1) is 6.92 Å². The topological polar surface area (TPSA) is 64.0 Å². The molecule has 0 aliphatic rings. The zero-order valence-corrected chi connectivity index (χ0v) is 21.2. The first kappa shape index (κ1) is 24.0. The van der Waals surface area contributed by atoms with Crippen LogP contribution in [-0.4, -0.2) is 21.9 Å². The van der Waals surface area contributed by atoms with Gasteiger partial charge in [0.25, 0.3) is 5.56 Å². The third-order valence-corrected chi connectivity index (χ3v) is 9.85. The van der Waals surface area contributed by atoms with Gasteiger partial charge in [-0.1, -0.05) is 38.1 Å². The van der Waals surface area contributed by atoms with Crippen molar-refractivity contribution in [3.05, 3.63) is 82.6 Å². The molecule has 0 aliphatic heterocycles. The molecule has 0 bridgehead atoms. The Morgan fingerprint density at radius 2 is 1.59 bits per heavy atom. The monoisotopic (exact) mass is 473 g/mol. The number of rotatable bonds is 8. The molecule has 1 N–H and O–H groups in total. The zero-order chi connectivity index (χ0) is 24.3. The van der Waals surface area contributed by atoms with Gasteiger partial charge in [-0.3, -0.25) is 9.36 Å². The van der Waals surface area contributed by atoms with Crippen molar-refractivity contribution in [3.8, 4) is 11.1 Å². The molecule has 0 radical (unpaired) electrons. The number of aromatic nitrogens is 2. The number of benzene rings is 2. The molecule has 0 unspecified atom stereocenters. The lowest BCUT2D eigenvalue weighted by Crippen LogP contribution is -2.20. The van der Waals surface area contributed by atoms with Crippen molar-refractivity contribution in [1.82, 2.24) is 9.55 Å². The number of aryl methyl sites for hydroxylation is 2. The Bertz CT molecular complexity index is 1410. The molecule has 0 fully saturated rings. The number of anilines is 2. The normalized spacial score (nSPS) is 11.6. The second kappa shape index (κ2) is 9.99. The molecule has 0 amide bonds. The third-order valence-electron chi connectivity index (χ3n) is 6.27. The molecule has 4 rings (SSSR count). The van der Waals surface area contributed by atoms with Crippen LogP contribution in [0.5, 0.6) is 0 Å². The highest BCUT2D eigenvalue weighted by Gasteiger charge is 2.22. The Labute approximate surface area is 201 Å². The van der Waals surface area contributed by atoms with Gasteiger partial charge in [0.2, 0.25) is 0 Å². The number of pyridine rings is 2. The zero-order valence-electron chi connectivity index (χ0n) is 20.3. The maximum Gasteiger partial charge on any atom is 0.259 e. The second-order valence-electron chi connectivity index (χ2n) is 8.85.